The molecule has 3 rings (SSSR count). The highest BCUT2D eigenvalue weighted by Crippen LogP contribution is 2.30. The summed E-state index contributed by atoms with van der Waals surface area (Å²) in [5.74, 6) is -0.234. The van der Waals surface area contributed by atoms with Crippen LogP contribution in [0.2, 0.25) is 0 Å². The van der Waals surface area contributed by atoms with Gasteiger partial charge in [-0.2, -0.15) is 0 Å². The molecule has 1 aromatic heterocycles. The van der Waals surface area contributed by atoms with E-state index in [0.29, 0.717) is 6.54 Å². The number of likely N-dealkylation sites (tertiary alicyclic amines) is 1. The Hall–Kier alpha value is -2.24. The summed E-state index contributed by atoms with van der Waals surface area (Å²) in [6.45, 7) is 0.676. The Bertz CT molecular complexity index is 657. The minimum absolute atomic E-state index is 0.0418. The summed E-state index contributed by atoms with van der Waals surface area (Å²) in [6.07, 6.45) is 5.55. The molecule has 1 N–H and O–H groups in total. The minimum atomic E-state index is -0.488. The van der Waals surface area contributed by atoms with E-state index in [-0.39, 0.29) is 30.4 Å². The van der Waals surface area contributed by atoms with Crippen LogP contribution in [0, 0.1) is 11.6 Å². The summed E-state index contributed by atoms with van der Waals surface area (Å²) in [5.41, 5.74) is 0.238. The molecule has 22 heavy (non-hydrogen) atoms. The van der Waals surface area contributed by atoms with Crippen molar-refractivity contribution in [3.63, 3.8) is 0 Å². The van der Waals surface area contributed by atoms with E-state index >= 15 is 0 Å². The number of hydrogen-bond acceptors (Lipinski definition) is 2. The van der Waals surface area contributed by atoms with Crippen molar-refractivity contribution in [3.05, 3.63) is 53.6 Å². The molecule has 6 heteroatoms. The molecule has 2 heterocycles. The molecule has 1 saturated heterocycles. The predicted molar refractivity (Wildman–Crippen MR) is 77.0 cm³/mol. The maximum Gasteiger partial charge on any atom is 0.223 e. The lowest BCUT2D eigenvalue weighted by molar-refractivity contribution is -0.132. The Morgan fingerprint density at radius 1 is 1.41 bits per heavy atom. The van der Waals surface area contributed by atoms with Gasteiger partial charge in [0.15, 0.2) is 0 Å². The fourth-order valence-electron chi connectivity index (χ4n) is 2.93. The Kier molecular flexibility index (Phi) is 4.18. The van der Waals surface area contributed by atoms with Gasteiger partial charge in [0.2, 0.25) is 5.91 Å². The van der Waals surface area contributed by atoms with Gasteiger partial charge in [-0.3, -0.25) is 4.79 Å². The SMILES string of the molecule is O=C(CCc1cc(F)ccc1F)N1CCC[C@@H]1c1ncc[nH]1. The van der Waals surface area contributed by atoms with E-state index in [1.54, 1.807) is 17.3 Å². The van der Waals surface area contributed by atoms with Crippen LogP contribution >= 0.6 is 0 Å². The van der Waals surface area contributed by atoms with Crippen molar-refractivity contribution in [1.29, 1.82) is 0 Å². The average molecular weight is 305 g/mol. The first kappa shape index (κ1) is 14.7. The number of aromatic amines is 1. The number of halogens is 2. The third-order valence-electron chi connectivity index (χ3n) is 4.02. The van der Waals surface area contributed by atoms with Crippen LogP contribution in [0.5, 0.6) is 0 Å². The van der Waals surface area contributed by atoms with Gasteiger partial charge in [0.05, 0.1) is 6.04 Å². The average Bonchev–Trinajstić information content (AvgIpc) is 3.17. The predicted octanol–water partition coefficient (Wildman–Crippen LogP) is 2.98. The summed E-state index contributed by atoms with van der Waals surface area (Å²) in [6, 6.07) is 3.28. The van der Waals surface area contributed by atoms with Gasteiger partial charge in [-0.15, -0.1) is 0 Å². The molecule has 1 aliphatic rings. The molecule has 0 aliphatic carbocycles. The fraction of sp³-hybridized carbons (Fsp3) is 0.375. The topological polar surface area (TPSA) is 49.0 Å². The second-order valence-electron chi connectivity index (χ2n) is 5.46. The van der Waals surface area contributed by atoms with Crippen molar-refractivity contribution in [3.8, 4) is 0 Å². The molecule has 1 aromatic carbocycles. The molecule has 2 aromatic rings. The molecular formula is C16H17F2N3O. The zero-order valence-corrected chi connectivity index (χ0v) is 12.1. The van der Waals surface area contributed by atoms with Crippen molar-refractivity contribution in [1.82, 2.24) is 14.9 Å². The lowest BCUT2D eigenvalue weighted by Crippen LogP contribution is -2.31. The van der Waals surface area contributed by atoms with Gasteiger partial charge < -0.3 is 9.88 Å². The summed E-state index contributed by atoms with van der Waals surface area (Å²) in [4.78, 5) is 21.4. The van der Waals surface area contributed by atoms with Crippen molar-refractivity contribution >= 4 is 5.91 Å². The van der Waals surface area contributed by atoms with E-state index in [2.05, 4.69) is 9.97 Å². The molecule has 1 amide bonds. The number of aromatic nitrogens is 2. The van der Waals surface area contributed by atoms with E-state index in [1.165, 1.54) is 0 Å². The van der Waals surface area contributed by atoms with Crippen molar-refractivity contribution in [2.45, 2.75) is 31.7 Å². The van der Waals surface area contributed by atoms with Crippen molar-refractivity contribution in [2.75, 3.05) is 6.54 Å². The van der Waals surface area contributed by atoms with Gasteiger partial charge >= 0.3 is 0 Å². The Morgan fingerprint density at radius 3 is 3.05 bits per heavy atom. The van der Waals surface area contributed by atoms with Gasteiger partial charge in [-0.25, -0.2) is 13.8 Å². The molecular weight excluding hydrogens is 288 g/mol. The summed E-state index contributed by atoms with van der Waals surface area (Å²) >= 11 is 0. The number of carbonyl (C=O) groups is 1. The second kappa shape index (κ2) is 6.25. The van der Waals surface area contributed by atoms with Crippen LogP contribution in [0.25, 0.3) is 0 Å². The quantitative estimate of drug-likeness (QED) is 0.944. The highest BCUT2D eigenvalue weighted by Gasteiger charge is 2.31. The molecule has 1 aliphatic heterocycles. The first-order valence-electron chi connectivity index (χ1n) is 7.38. The number of hydrogen-bond donors (Lipinski definition) is 1. The van der Waals surface area contributed by atoms with Crippen LogP contribution in [-0.4, -0.2) is 27.3 Å². The lowest BCUT2D eigenvalue weighted by atomic mass is 10.1. The zero-order chi connectivity index (χ0) is 15.5. The van der Waals surface area contributed by atoms with E-state index in [9.17, 15) is 13.6 Å². The first-order chi connectivity index (χ1) is 10.6. The standard InChI is InChI=1S/C16H17F2N3O/c17-12-4-5-13(18)11(10-12)3-6-15(22)21-9-1-2-14(21)16-19-7-8-20-16/h4-5,7-8,10,14H,1-3,6,9H2,(H,19,20)/t14-/m1/s1. The van der Waals surface area contributed by atoms with E-state index in [1.807, 2.05) is 0 Å². The van der Waals surface area contributed by atoms with E-state index in [4.69, 9.17) is 0 Å². The maximum absolute atomic E-state index is 13.6. The number of nitrogens with one attached hydrogen (secondary N) is 1. The number of nitrogens with zero attached hydrogens (tertiary/aromatic N) is 2. The van der Waals surface area contributed by atoms with Crippen LogP contribution in [-0.2, 0) is 11.2 Å². The third-order valence-corrected chi connectivity index (χ3v) is 4.02. The molecule has 1 fully saturated rings. The second-order valence-corrected chi connectivity index (χ2v) is 5.46. The van der Waals surface area contributed by atoms with Crippen LogP contribution in [0.4, 0.5) is 8.78 Å². The number of rotatable bonds is 4. The van der Waals surface area contributed by atoms with E-state index < -0.39 is 11.6 Å². The van der Waals surface area contributed by atoms with Gasteiger partial charge in [0.25, 0.3) is 0 Å². The third kappa shape index (κ3) is 3.00. The number of H-pyrrole nitrogens is 1. The van der Waals surface area contributed by atoms with Crippen LogP contribution < -0.4 is 0 Å². The van der Waals surface area contributed by atoms with Crippen LogP contribution in [0.15, 0.2) is 30.6 Å². The largest absolute Gasteiger partial charge is 0.347 e. The molecule has 0 spiro atoms. The van der Waals surface area contributed by atoms with Crippen LogP contribution in [0.3, 0.4) is 0 Å². The molecule has 0 saturated carbocycles. The highest BCUT2D eigenvalue weighted by atomic mass is 19.1. The molecule has 116 valence electrons. The number of aryl methyl sites for hydroxylation is 1. The Morgan fingerprint density at radius 2 is 2.27 bits per heavy atom. The van der Waals surface area contributed by atoms with Gasteiger partial charge in [0.1, 0.15) is 17.5 Å². The lowest BCUT2D eigenvalue weighted by Gasteiger charge is -2.23. The number of amides is 1. The monoisotopic (exact) mass is 305 g/mol. The molecule has 0 radical (unpaired) electrons. The summed E-state index contributed by atoms with van der Waals surface area (Å²) in [5, 5.41) is 0. The molecule has 4 nitrogen and oxygen atoms in total. The van der Waals surface area contributed by atoms with Crippen molar-refractivity contribution in [2.24, 2.45) is 0 Å². The molecule has 0 unspecified atom stereocenters. The summed E-state index contributed by atoms with van der Waals surface area (Å²) in [7, 11) is 0. The smallest absolute Gasteiger partial charge is 0.223 e. The normalized spacial score (nSPS) is 17.9. The van der Waals surface area contributed by atoms with Gasteiger partial charge in [-0.05, 0) is 43.0 Å². The number of imidazole rings is 1. The molecule has 1 atom stereocenters. The highest BCUT2D eigenvalue weighted by molar-refractivity contribution is 5.77. The van der Waals surface area contributed by atoms with E-state index in [0.717, 1.165) is 36.9 Å². The number of benzene rings is 1. The number of carbonyl (C=O) groups excluding carboxylic acids is 1. The van der Waals surface area contributed by atoms with Crippen LogP contribution in [0.1, 0.15) is 36.7 Å². The van der Waals surface area contributed by atoms with Gasteiger partial charge in [0, 0.05) is 25.4 Å². The Balaban J connectivity index is 1.65. The van der Waals surface area contributed by atoms with Gasteiger partial charge in [-0.1, -0.05) is 0 Å². The summed E-state index contributed by atoms with van der Waals surface area (Å²) < 4.78 is 26.7. The van der Waals surface area contributed by atoms with Crippen molar-refractivity contribution < 1.29 is 13.6 Å². The maximum atomic E-state index is 13.6. The molecule has 0 bridgehead atoms. The minimum Gasteiger partial charge on any atom is -0.347 e. The first-order valence-corrected chi connectivity index (χ1v) is 7.38. The fourth-order valence-corrected chi connectivity index (χ4v) is 2.93. The zero-order valence-electron chi connectivity index (χ0n) is 12.1. The Labute approximate surface area is 127 Å².